The van der Waals surface area contributed by atoms with Gasteiger partial charge in [0.05, 0.1) is 6.61 Å². The lowest BCUT2D eigenvalue weighted by Gasteiger charge is -2.12. The molecule has 5 nitrogen and oxygen atoms in total. The summed E-state index contributed by atoms with van der Waals surface area (Å²) in [7, 11) is 0. The van der Waals surface area contributed by atoms with Crippen molar-refractivity contribution < 1.29 is 9.90 Å². The highest BCUT2D eigenvalue weighted by molar-refractivity contribution is 5.94. The van der Waals surface area contributed by atoms with Gasteiger partial charge in [-0.2, -0.15) is 0 Å². The highest BCUT2D eigenvalue weighted by Crippen LogP contribution is 2.44. The first-order valence-corrected chi connectivity index (χ1v) is 5.65. The third kappa shape index (κ3) is 2.74. The van der Waals surface area contributed by atoms with Gasteiger partial charge in [-0.05, 0) is 25.8 Å². The number of aromatic amines is 1. The Kier molecular flexibility index (Phi) is 3.02. The zero-order valence-corrected chi connectivity index (χ0v) is 9.75. The van der Waals surface area contributed by atoms with Crippen LogP contribution in [0.5, 0.6) is 0 Å². The Morgan fingerprint density at radius 3 is 2.76 bits per heavy atom. The molecule has 1 amide bonds. The van der Waals surface area contributed by atoms with Crippen molar-refractivity contribution >= 4 is 5.91 Å². The lowest BCUT2D eigenvalue weighted by atomic mass is 10.1. The van der Waals surface area contributed by atoms with Gasteiger partial charge in [-0.3, -0.25) is 9.59 Å². The van der Waals surface area contributed by atoms with E-state index in [4.69, 9.17) is 5.11 Å². The quantitative estimate of drug-likeness (QED) is 0.697. The van der Waals surface area contributed by atoms with Crippen LogP contribution in [0.25, 0.3) is 0 Å². The molecule has 92 valence electrons. The molecule has 0 atom stereocenters. The van der Waals surface area contributed by atoms with Gasteiger partial charge in [-0.15, -0.1) is 0 Å². The number of pyridine rings is 1. The monoisotopic (exact) mass is 236 g/mol. The average molecular weight is 236 g/mol. The Bertz CT molecular complexity index is 489. The molecule has 0 spiro atoms. The summed E-state index contributed by atoms with van der Waals surface area (Å²) in [6.45, 7) is 2.30. The highest BCUT2D eigenvalue weighted by Gasteiger charge is 2.42. The first kappa shape index (κ1) is 11.9. The van der Waals surface area contributed by atoms with Crippen LogP contribution >= 0.6 is 0 Å². The number of nitrogens with one attached hydrogen (secondary N) is 2. The van der Waals surface area contributed by atoms with E-state index in [1.165, 1.54) is 6.07 Å². The van der Waals surface area contributed by atoms with E-state index in [-0.39, 0.29) is 23.5 Å². The molecule has 1 aliphatic rings. The van der Waals surface area contributed by atoms with E-state index in [2.05, 4.69) is 10.3 Å². The Hall–Kier alpha value is -1.62. The third-order valence-corrected chi connectivity index (χ3v) is 3.16. The van der Waals surface area contributed by atoms with Crippen molar-refractivity contribution in [3.8, 4) is 0 Å². The SMILES string of the molecule is Cc1cc(C(=O)NCC2(CO)CC2)cc(=O)[nH]1. The number of aliphatic hydroxyl groups excluding tert-OH is 1. The zero-order chi connectivity index (χ0) is 12.5. The predicted octanol–water partition coefficient (Wildman–Crippen LogP) is 0.186. The molecule has 0 saturated heterocycles. The van der Waals surface area contributed by atoms with Crippen LogP contribution in [0.3, 0.4) is 0 Å². The maximum atomic E-state index is 11.8. The van der Waals surface area contributed by atoms with E-state index in [0.717, 1.165) is 12.8 Å². The minimum atomic E-state index is -0.279. The molecule has 1 saturated carbocycles. The van der Waals surface area contributed by atoms with E-state index in [9.17, 15) is 9.59 Å². The van der Waals surface area contributed by atoms with E-state index < -0.39 is 0 Å². The number of hydrogen-bond acceptors (Lipinski definition) is 3. The van der Waals surface area contributed by atoms with Crippen molar-refractivity contribution in [2.75, 3.05) is 13.2 Å². The van der Waals surface area contributed by atoms with Crippen LogP contribution in [0.2, 0.25) is 0 Å². The van der Waals surface area contributed by atoms with Crippen LogP contribution in [0, 0.1) is 12.3 Å². The molecule has 1 aliphatic carbocycles. The largest absolute Gasteiger partial charge is 0.396 e. The fraction of sp³-hybridized carbons (Fsp3) is 0.500. The van der Waals surface area contributed by atoms with E-state index in [0.29, 0.717) is 17.8 Å². The summed E-state index contributed by atoms with van der Waals surface area (Å²) in [5.41, 5.74) is 0.621. The van der Waals surface area contributed by atoms with Crippen molar-refractivity contribution in [1.29, 1.82) is 0 Å². The molecule has 0 radical (unpaired) electrons. The van der Waals surface area contributed by atoms with Crippen LogP contribution in [0.15, 0.2) is 16.9 Å². The summed E-state index contributed by atoms with van der Waals surface area (Å²) in [6, 6.07) is 2.91. The smallest absolute Gasteiger partial charge is 0.251 e. The van der Waals surface area contributed by atoms with Gasteiger partial charge >= 0.3 is 0 Å². The predicted molar refractivity (Wildman–Crippen MR) is 62.9 cm³/mol. The molecule has 1 heterocycles. The van der Waals surface area contributed by atoms with Crippen molar-refractivity contribution in [2.24, 2.45) is 5.41 Å². The normalized spacial score (nSPS) is 16.6. The summed E-state index contributed by atoms with van der Waals surface area (Å²) in [6.07, 6.45) is 1.89. The van der Waals surface area contributed by atoms with Gasteiger partial charge in [0.2, 0.25) is 5.56 Å². The number of H-pyrrole nitrogens is 1. The second kappa shape index (κ2) is 4.33. The van der Waals surface area contributed by atoms with Crippen molar-refractivity contribution in [3.63, 3.8) is 0 Å². The number of carbonyl (C=O) groups excluding carboxylic acids is 1. The van der Waals surface area contributed by atoms with Gasteiger partial charge in [0.15, 0.2) is 0 Å². The van der Waals surface area contributed by atoms with Gasteiger partial charge in [0.25, 0.3) is 5.91 Å². The molecule has 2 rings (SSSR count). The number of amides is 1. The zero-order valence-electron chi connectivity index (χ0n) is 9.75. The van der Waals surface area contributed by atoms with Gasteiger partial charge in [-0.25, -0.2) is 0 Å². The summed E-state index contributed by atoms with van der Waals surface area (Å²) in [5.74, 6) is -0.265. The minimum Gasteiger partial charge on any atom is -0.396 e. The van der Waals surface area contributed by atoms with Crippen LogP contribution in [-0.4, -0.2) is 29.1 Å². The van der Waals surface area contributed by atoms with Crippen LogP contribution in [-0.2, 0) is 0 Å². The van der Waals surface area contributed by atoms with Crippen LogP contribution in [0.1, 0.15) is 28.9 Å². The standard InChI is InChI=1S/C12H16N2O3/c1-8-4-9(5-10(16)14-8)11(17)13-6-12(7-15)2-3-12/h4-5,15H,2-3,6-7H2,1H3,(H,13,17)(H,14,16). The third-order valence-electron chi connectivity index (χ3n) is 3.16. The molecular formula is C12H16N2O3. The summed E-state index contributed by atoms with van der Waals surface area (Å²) >= 11 is 0. The molecule has 1 aromatic rings. The summed E-state index contributed by atoms with van der Waals surface area (Å²) < 4.78 is 0. The fourth-order valence-electron chi connectivity index (χ4n) is 1.75. The van der Waals surface area contributed by atoms with Crippen LogP contribution < -0.4 is 10.9 Å². The van der Waals surface area contributed by atoms with Gasteiger partial charge in [0.1, 0.15) is 0 Å². The van der Waals surface area contributed by atoms with Crippen molar-refractivity contribution in [2.45, 2.75) is 19.8 Å². The second-order valence-electron chi connectivity index (χ2n) is 4.76. The minimum absolute atomic E-state index is 0.0989. The molecule has 0 aliphatic heterocycles. The number of rotatable bonds is 4. The molecule has 0 aromatic carbocycles. The molecule has 1 aromatic heterocycles. The lowest BCUT2D eigenvalue weighted by molar-refractivity contribution is 0.0935. The average Bonchev–Trinajstić information content (AvgIpc) is 3.05. The second-order valence-corrected chi connectivity index (χ2v) is 4.76. The van der Waals surface area contributed by atoms with Crippen molar-refractivity contribution in [1.82, 2.24) is 10.3 Å². The lowest BCUT2D eigenvalue weighted by Crippen LogP contribution is -2.32. The summed E-state index contributed by atoms with van der Waals surface area (Å²) in [4.78, 5) is 25.6. The molecule has 0 unspecified atom stereocenters. The number of aryl methyl sites for hydroxylation is 1. The molecule has 17 heavy (non-hydrogen) atoms. The Morgan fingerprint density at radius 2 is 2.24 bits per heavy atom. The Balaban J connectivity index is 2.02. The maximum absolute atomic E-state index is 11.8. The first-order chi connectivity index (χ1) is 8.04. The maximum Gasteiger partial charge on any atom is 0.251 e. The van der Waals surface area contributed by atoms with Gasteiger partial charge < -0.3 is 15.4 Å². The number of carbonyl (C=O) groups is 1. The number of hydrogen-bond donors (Lipinski definition) is 3. The highest BCUT2D eigenvalue weighted by atomic mass is 16.3. The molecule has 0 bridgehead atoms. The van der Waals surface area contributed by atoms with E-state index >= 15 is 0 Å². The molecular weight excluding hydrogens is 220 g/mol. The van der Waals surface area contributed by atoms with E-state index in [1.54, 1.807) is 13.0 Å². The van der Waals surface area contributed by atoms with Gasteiger partial charge in [0, 0.05) is 29.3 Å². The Labute approximate surface area is 98.9 Å². The topological polar surface area (TPSA) is 82.2 Å². The van der Waals surface area contributed by atoms with E-state index in [1.807, 2.05) is 0 Å². The first-order valence-electron chi connectivity index (χ1n) is 5.65. The number of aliphatic hydroxyl groups is 1. The molecule has 5 heteroatoms. The Morgan fingerprint density at radius 1 is 1.53 bits per heavy atom. The molecule has 1 fully saturated rings. The summed E-state index contributed by atoms with van der Waals surface area (Å²) in [5, 5.41) is 11.9. The van der Waals surface area contributed by atoms with Crippen LogP contribution in [0.4, 0.5) is 0 Å². The number of aromatic nitrogens is 1. The fourth-order valence-corrected chi connectivity index (χ4v) is 1.75. The van der Waals surface area contributed by atoms with Gasteiger partial charge in [-0.1, -0.05) is 0 Å². The van der Waals surface area contributed by atoms with Crippen molar-refractivity contribution in [3.05, 3.63) is 33.7 Å². The molecule has 3 N–H and O–H groups in total.